The Kier molecular flexibility index (Phi) is 5.01. The fourth-order valence-electron chi connectivity index (χ4n) is 1.90. The van der Waals surface area contributed by atoms with Crippen molar-refractivity contribution in [2.45, 2.75) is 6.92 Å². The van der Waals surface area contributed by atoms with Crippen molar-refractivity contribution in [1.82, 2.24) is 4.98 Å². The summed E-state index contributed by atoms with van der Waals surface area (Å²) in [5.41, 5.74) is 2.41. The molecule has 0 atom stereocenters. The molecule has 0 unspecified atom stereocenters. The minimum Gasteiger partial charge on any atom is -0.497 e. The minimum absolute atomic E-state index is 0.901. The number of benzene rings is 2. The maximum Gasteiger partial charge on any atom is 0.118 e. The molecule has 0 spiro atoms. The summed E-state index contributed by atoms with van der Waals surface area (Å²) >= 11 is 0. The van der Waals surface area contributed by atoms with E-state index in [9.17, 15) is 0 Å². The Balaban J connectivity index is 0.000000149. The van der Waals surface area contributed by atoms with Crippen molar-refractivity contribution in [2.24, 2.45) is 0 Å². The van der Waals surface area contributed by atoms with Crippen molar-refractivity contribution in [1.29, 1.82) is 0 Å². The number of aromatic amines is 1. The molecule has 20 heavy (non-hydrogen) atoms. The van der Waals surface area contributed by atoms with Crippen molar-refractivity contribution in [3.63, 3.8) is 0 Å². The molecule has 0 aliphatic rings. The van der Waals surface area contributed by atoms with Crippen LogP contribution in [0.3, 0.4) is 0 Å². The van der Waals surface area contributed by atoms with Crippen LogP contribution in [-0.4, -0.2) is 12.1 Å². The van der Waals surface area contributed by atoms with E-state index in [0.29, 0.717) is 0 Å². The highest BCUT2D eigenvalue weighted by Gasteiger charge is 1.88. The van der Waals surface area contributed by atoms with Crippen LogP contribution in [0.25, 0.3) is 17.0 Å². The first-order valence-electron chi connectivity index (χ1n) is 6.62. The summed E-state index contributed by atoms with van der Waals surface area (Å²) in [4.78, 5) is 3.12. The third-order valence-corrected chi connectivity index (χ3v) is 2.94. The average molecular weight is 265 g/mol. The van der Waals surface area contributed by atoms with Crippen LogP contribution < -0.4 is 4.74 Å². The lowest BCUT2D eigenvalue weighted by Gasteiger charge is -1.98. The standard InChI is InChI=1S/C10H12O.C8H7N/c1-3-4-9-5-7-10(11-2)8-6-9;1-2-4-8-7(3-1)5-6-9-8/h3-8H,1-2H3;1-6,9H. The summed E-state index contributed by atoms with van der Waals surface area (Å²) in [6.07, 6.45) is 6.02. The molecule has 2 aromatic carbocycles. The van der Waals surface area contributed by atoms with Crippen LogP contribution in [0.1, 0.15) is 12.5 Å². The summed E-state index contributed by atoms with van der Waals surface area (Å²) in [7, 11) is 1.67. The highest BCUT2D eigenvalue weighted by atomic mass is 16.5. The summed E-state index contributed by atoms with van der Waals surface area (Å²) in [5, 5.41) is 1.28. The van der Waals surface area contributed by atoms with E-state index in [2.05, 4.69) is 29.3 Å². The molecular weight excluding hydrogens is 246 g/mol. The highest BCUT2D eigenvalue weighted by molar-refractivity contribution is 5.78. The molecule has 0 amide bonds. The van der Waals surface area contributed by atoms with E-state index in [1.165, 1.54) is 16.5 Å². The number of hydrogen-bond acceptors (Lipinski definition) is 1. The molecule has 2 heteroatoms. The van der Waals surface area contributed by atoms with E-state index in [1.54, 1.807) is 7.11 Å². The maximum absolute atomic E-state index is 5.02. The number of ether oxygens (including phenoxy) is 1. The first-order valence-corrected chi connectivity index (χ1v) is 6.62. The van der Waals surface area contributed by atoms with E-state index < -0.39 is 0 Å². The minimum atomic E-state index is 0.901. The number of aromatic nitrogens is 1. The lowest BCUT2D eigenvalue weighted by atomic mass is 10.2. The van der Waals surface area contributed by atoms with Crippen LogP contribution in [0.4, 0.5) is 0 Å². The second kappa shape index (κ2) is 7.19. The lowest BCUT2D eigenvalue weighted by molar-refractivity contribution is 0.415. The van der Waals surface area contributed by atoms with Crippen molar-refractivity contribution >= 4 is 17.0 Å². The van der Waals surface area contributed by atoms with Gasteiger partial charge in [-0.3, -0.25) is 0 Å². The monoisotopic (exact) mass is 265 g/mol. The van der Waals surface area contributed by atoms with Gasteiger partial charge in [0.2, 0.25) is 0 Å². The summed E-state index contributed by atoms with van der Waals surface area (Å²) in [6.45, 7) is 2.00. The lowest BCUT2D eigenvalue weighted by Crippen LogP contribution is -1.80. The van der Waals surface area contributed by atoms with Crippen LogP contribution in [0, 0.1) is 0 Å². The quantitative estimate of drug-likeness (QED) is 0.700. The second-order valence-corrected chi connectivity index (χ2v) is 4.34. The third-order valence-electron chi connectivity index (χ3n) is 2.94. The van der Waals surface area contributed by atoms with Crippen molar-refractivity contribution in [3.05, 3.63) is 72.4 Å². The van der Waals surface area contributed by atoms with Gasteiger partial charge in [0, 0.05) is 11.7 Å². The van der Waals surface area contributed by atoms with Gasteiger partial charge in [0.1, 0.15) is 5.75 Å². The first kappa shape index (κ1) is 13.9. The number of allylic oxidation sites excluding steroid dienone is 1. The van der Waals surface area contributed by atoms with Gasteiger partial charge in [-0.25, -0.2) is 0 Å². The van der Waals surface area contributed by atoms with Crippen LogP contribution >= 0.6 is 0 Å². The van der Waals surface area contributed by atoms with Gasteiger partial charge in [-0.15, -0.1) is 0 Å². The number of methoxy groups -OCH3 is 1. The largest absolute Gasteiger partial charge is 0.497 e. The van der Waals surface area contributed by atoms with E-state index in [-0.39, 0.29) is 0 Å². The Morgan fingerprint density at radius 3 is 2.35 bits per heavy atom. The molecule has 0 radical (unpaired) electrons. The predicted molar refractivity (Wildman–Crippen MR) is 86.0 cm³/mol. The molecule has 0 bridgehead atoms. The predicted octanol–water partition coefficient (Wildman–Crippen LogP) is 4.90. The van der Waals surface area contributed by atoms with E-state index in [1.807, 2.05) is 55.6 Å². The molecule has 1 aromatic heterocycles. The Labute approximate surface area is 119 Å². The van der Waals surface area contributed by atoms with Gasteiger partial charge in [-0.2, -0.15) is 0 Å². The molecule has 3 rings (SSSR count). The van der Waals surface area contributed by atoms with Gasteiger partial charge in [0.15, 0.2) is 0 Å². The molecule has 0 fully saturated rings. The molecule has 1 heterocycles. The fraction of sp³-hybridized carbons (Fsp3) is 0.111. The van der Waals surface area contributed by atoms with Gasteiger partial charge >= 0.3 is 0 Å². The van der Waals surface area contributed by atoms with Crippen molar-refractivity contribution in [2.75, 3.05) is 7.11 Å². The number of fused-ring (bicyclic) bond motifs is 1. The van der Waals surface area contributed by atoms with Gasteiger partial charge < -0.3 is 9.72 Å². The third kappa shape index (κ3) is 3.75. The molecule has 3 aromatic rings. The molecule has 102 valence electrons. The van der Waals surface area contributed by atoms with Crippen LogP contribution in [0.2, 0.25) is 0 Å². The van der Waals surface area contributed by atoms with E-state index in [0.717, 1.165) is 5.75 Å². The fourth-order valence-corrected chi connectivity index (χ4v) is 1.90. The Morgan fingerprint density at radius 1 is 0.950 bits per heavy atom. The first-order chi connectivity index (χ1) is 9.83. The summed E-state index contributed by atoms with van der Waals surface area (Å²) < 4.78 is 5.02. The smallest absolute Gasteiger partial charge is 0.118 e. The zero-order valence-electron chi connectivity index (χ0n) is 11.8. The number of nitrogens with one attached hydrogen (secondary N) is 1. The highest BCUT2D eigenvalue weighted by Crippen LogP contribution is 2.12. The van der Waals surface area contributed by atoms with Crippen LogP contribution in [-0.2, 0) is 0 Å². The molecule has 0 aliphatic carbocycles. The van der Waals surface area contributed by atoms with Gasteiger partial charge in [0.25, 0.3) is 0 Å². The van der Waals surface area contributed by atoms with Gasteiger partial charge in [-0.05, 0) is 42.1 Å². The summed E-state index contributed by atoms with van der Waals surface area (Å²) in [6, 6.07) is 18.2. The zero-order chi connectivity index (χ0) is 14.2. The number of hydrogen-bond donors (Lipinski definition) is 1. The van der Waals surface area contributed by atoms with E-state index >= 15 is 0 Å². The Hall–Kier alpha value is -2.48. The van der Waals surface area contributed by atoms with Crippen LogP contribution in [0.5, 0.6) is 5.75 Å². The molecule has 0 saturated heterocycles. The molecule has 1 N–H and O–H groups in total. The second-order valence-electron chi connectivity index (χ2n) is 4.34. The Bertz CT molecular complexity index is 635. The Morgan fingerprint density at radius 2 is 1.70 bits per heavy atom. The molecular formula is C18H19NO. The SMILES string of the molecule is CC=Cc1ccc(OC)cc1.c1ccc2[nH]ccc2c1. The maximum atomic E-state index is 5.02. The molecule has 0 saturated carbocycles. The summed E-state index contributed by atoms with van der Waals surface area (Å²) in [5.74, 6) is 0.901. The number of H-pyrrole nitrogens is 1. The average Bonchev–Trinajstić information content (AvgIpc) is 2.97. The number of rotatable bonds is 2. The van der Waals surface area contributed by atoms with E-state index in [4.69, 9.17) is 4.74 Å². The van der Waals surface area contributed by atoms with Crippen molar-refractivity contribution in [3.8, 4) is 5.75 Å². The van der Waals surface area contributed by atoms with Gasteiger partial charge in [-0.1, -0.05) is 42.5 Å². The normalized spacial score (nSPS) is 10.3. The van der Waals surface area contributed by atoms with Gasteiger partial charge in [0.05, 0.1) is 7.11 Å². The number of para-hydroxylation sites is 1. The molecule has 2 nitrogen and oxygen atoms in total. The topological polar surface area (TPSA) is 25.0 Å². The van der Waals surface area contributed by atoms with Crippen LogP contribution in [0.15, 0.2) is 66.9 Å². The molecule has 0 aliphatic heterocycles. The zero-order valence-corrected chi connectivity index (χ0v) is 11.8. The van der Waals surface area contributed by atoms with Crippen molar-refractivity contribution < 1.29 is 4.74 Å².